The molecule has 0 spiro atoms. The summed E-state index contributed by atoms with van der Waals surface area (Å²) in [6, 6.07) is 0. The summed E-state index contributed by atoms with van der Waals surface area (Å²) in [6.07, 6.45) is 5.18. The first-order chi connectivity index (χ1) is 8.57. The van der Waals surface area contributed by atoms with Crippen molar-refractivity contribution in [2.75, 3.05) is 0 Å². The highest BCUT2D eigenvalue weighted by molar-refractivity contribution is 5.85. The van der Waals surface area contributed by atoms with Gasteiger partial charge in [-0.3, -0.25) is 4.79 Å². The van der Waals surface area contributed by atoms with Gasteiger partial charge in [-0.05, 0) is 25.7 Å². The molecule has 0 bridgehead atoms. The Morgan fingerprint density at radius 2 is 2.28 bits per heavy atom. The normalized spacial score (nSPS) is 16.9. The van der Waals surface area contributed by atoms with Gasteiger partial charge in [-0.25, -0.2) is 9.78 Å². The summed E-state index contributed by atoms with van der Waals surface area (Å²) in [5.74, 6) is -0.496. The van der Waals surface area contributed by atoms with E-state index in [-0.39, 0.29) is 11.6 Å². The monoisotopic (exact) mass is 251 g/mol. The Bertz CT molecular complexity index is 463. The smallest absolute Gasteiger partial charge is 0.353 e. The Hall–Kier alpha value is -1.85. The van der Waals surface area contributed by atoms with Gasteiger partial charge in [-0.1, -0.05) is 6.92 Å². The molecule has 1 fully saturated rings. The van der Waals surface area contributed by atoms with Crippen LogP contribution in [-0.4, -0.2) is 27.0 Å². The number of hydrogen-bond donors (Lipinski definition) is 3. The SMILES string of the molecule is CCCC(=O)NC1(c2ncc(C(=O)O)[nH]2)CCC1. The second-order valence-corrected chi connectivity index (χ2v) is 4.68. The first kappa shape index (κ1) is 12.6. The molecule has 1 aliphatic carbocycles. The maximum absolute atomic E-state index is 11.7. The molecule has 1 aromatic rings. The van der Waals surface area contributed by atoms with Gasteiger partial charge < -0.3 is 15.4 Å². The van der Waals surface area contributed by atoms with Crippen molar-refractivity contribution in [2.24, 2.45) is 0 Å². The molecule has 0 aliphatic heterocycles. The van der Waals surface area contributed by atoms with Crippen LogP contribution in [0.2, 0.25) is 0 Å². The highest BCUT2D eigenvalue weighted by Gasteiger charge is 2.42. The van der Waals surface area contributed by atoms with Crippen molar-refractivity contribution in [2.45, 2.75) is 44.6 Å². The van der Waals surface area contributed by atoms with E-state index in [1.807, 2.05) is 6.92 Å². The van der Waals surface area contributed by atoms with E-state index in [2.05, 4.69) is 15.3 Å². The molecular weight excluding hydrogens is 234 g/mol. The fourth-order valence-electron chi connectivity index (χ4n) is 2.18. The highest BCUT2D eigenvalue weighted by atomic mass is 16.4. The van der Waals surface area contributed by atoms with Crippen LogP contribution in [0, 0.1) is 0 Å². The van der Waals surface area contributed by atoms with Crippen LogP contribution >= 0.6 is 0 Å². The summed E-state index contributed by atoms with van der Waals surface area (Å²) < 4.78 is 0. The standard InChI is InChI=1S/C12H17N3O3/c1-2-4-9(16)15-12(5-3-6-12)11-13-7-8(14-11)10(17)18/h7H,2-6H2,1H3,(H,13,14)(H,15,16)(H,17,18). The maximum atomic E-state index is 11.7. The van der Waals surface area contributed by atoms with Crippen molar-refractivity contribution in [3.63, 3.8) is 0 Å². The van der Waals surface area contributed by atoms with Crippen LogP contribution in [0.1, 0.15) is 55.3 Å². The summed E-state index contributed by atoms with van der Waals surface area (Å²) in [5.41, 5.74) is -0.430. The highest BCUT2D eigenvalue weighted by Crippen LogP contribution is 2.39. The molecule has 6 nitrogen and oxygen atoms in total. The largest absolute Gasteiger partial charge is 0.477 e. The summed E-state index contributed by atoms with van der Waals surface area (Å²) in [5, 5.41) is 11.8. The molecule has 1 aromatic heterocycles. The molecule has 1 saturated carbocycles. The average molecular weight is 251 g/mol. The summed E-state index contributed by atoms with van der Waals surface area (Å²) >= 11 is 0. The van der Waals surface area contributed by atoms with Gasteiger partial charge in [0.1, 0.15) is 11.5 Å². The molecule has 6 heteroatoms. The molecule has 1 heterocycles. The van der Waals surface area contributed by atoms with Gasteiger partial charge in [0.2, 0.25) is 5.91 Å². The van der Waals surface area contributed by atoms with Crippen molar-refractivity contribution >= 4 is 11.9 Å². The minimum absolute atomic E-state index is 0.00882. The lowest BCUT2D eigenvalue weighted by atomic mass is 9.76. The lowest BCUT2D eigenvalue weighted by Crippen LogP contribution is -2.51. The van der Waals surface area contributed by atoms with Gasteiger partial charge in [-0.2, -0.15) is 0 Å². The van der Waals surface area contributed by atoms with E-state index in [1.54, 1.807) is 0 Å². The van der Waals surface area contributed by atoms with Crippen LogP contribution in [0.4, 0.5) is 0 Å². The van der Waals surface area contributed by atoms with Crippen molar-refractivity contribution in [1.82, 2.24) is 15.3 Å². The lowest BCUT2D eigenvalue weighted by Gasteiger charge is -2.40. The minimum atomic E-state index is -1.04. The van der Waals surface area contributed by atoms with Crippen molar-refractivity contribution in [1.29, 1.82) is 0 Å². The number of hydrogen-bond acceptors (Lipinski definition) is 3. The number of aromatic amines is 1. The van der Waals surface area contributed by atoms with Crippen LogP contribution in [0.5, 0.6) is 0 Å². The van der Waals surface area contributed by atoms with Crippen LogP contribution in [-0.2, 0) is 10.3 Å². The first-order valence-electron chi connectivity index (χ1n) is 6.17. The van der Waals surface area contributed by atoms with Gasteiger partial charge in [0.05, 0.1) is 11.7 Å². The summed E-state index contributed by atoms with van der Waals surface area (Å²) in [7, 11) is 0. The third-order valence-corrected chi connectivity index (χ3v) is 3.32. The molecule has 0 unspecified atom stereocenters. The van der Waals surface area contributed by atoms with Gasteiger partial charge in [0, 0.05) is 6.42 Å². The quantitative estimate of drug-likeness (QED) is 0.737. The van der Waals surface area contributed by atoms with Gasteiger partial charge >= 0.3 is 5.97 Å². The van der Waals surface area contributed by atoms with Crippen LogP contribution in [0.3, 0.4) is 0 Å². The van der Waals surface area contributed by atoms with E-state index in [4.69, 9.17) is 5.11 Å². The van der Waals surface area contributed by atoms with Gasteiger partial charge in [0.15, 0.2) is 0 Å². The van der Waals surface area contributed by atoms with E-state index in [0.717, 1.165) is 25.7 Å². The molecule has 18 heavy (non-hydrogen) atoms. The zero-order valence-corrected chi connectivity index (χ0v) is 10.3. The van der Waals surface area contributed by atoms with Crippen molar-refractivity contribution in [3.8, 4) is 0 Å². The minimum Gasteiger partial charge on any atom is -0.477 e. The number of aromatic nitrogens is 2. The number of carbonyl (C=O) groups excluding carboxylic acids is 1. The number of carbonyl (C=O) groups is 2. The Labute approximate surface area is 105 Å². The molecule has 0 atom stereocenters. The van der Waals surface area contributed by atoms with Crippen LogP contribution < -0.4 is 5.32 Å². The predicted molar refractivity (Wildman–Crippen MR) is 64.1 cm³/mol. The summed E-state index contributed by atoms with van der Waals surface area (Å²) in [4.78, 5) is 29.4. The second-order valence-electron chi connectivity index (χ2n) is 4.68. The molecular formula is C12H17N3O3. The van der Waals surface area contributed by atoms with Crippen LogP contribution in [0.15, 0.2) is 6.20 Å². The molecule has 98 valence electrons. The zero-order valence-electron chi connectivity index (χ0n) is 10.3. The Kier molecular flexibility index (Phi) is 3.36. The fraction of sp³-hybridized carbons (Fsp3) is 0.583. The van der Waals surface area contributed by atoms with E-state index in [1.165, 1.54) is 6.20 Å². The number of aromatic carboxylic acids is 1. The molecule has 3 N–H and O–H groups in total. The molecule has 0 radical (unpaired) electrons. The van der Waals surface area contributed by atoms with Crippen molar-refractivity contribution < 1.29 is 14.7 Å². The maximum Gasteiger partial charge on any atom is 0.353 e. The molecule has 1 aliphatic rings. The Morgan fingerprint density at radius 1 is 1.56 bits per heavy atom. The van der Waals surface area contributed by atoms with E-state index in [9.17, 15) is 9.59 Å². The molecule has 0 saturated heterocycles. The number of nitrogens with one attached hydrogen (secondary N) is 2. The molecule has 0 aromatic carbocycles. The predicted octanol–water partition coefficient (Wildman–Crippen LogP) is 1.40. The third-order valence-electron chi connectivity index (χ3n) is 3.32. The third kappa shape index (κ3) is 2.23. The number of carboxylic acid groups (broad SMARTS) is 1. The molecule has 2 rings (SSSR count). The number of amides is 1. The average Bonchev–Trinajstić information content (AvgIpc) is 2.73. The topological polar surface area (TPSA) is 95.1 Å². The first-order valence-corrected chi connectivity index (χ1v) is 6.17. The zero-order chi connectivity index (χ0) is 13.2. The van der Waals surface area contributed by atoms with Gasteiger partial charge in [-0.15, -0.1) is 0 Å². The van der Waals surface area contributed by atoms with Crippen LogP contribution in [0.25, 0.3) is 0 Å². The number of imidazole rings is 1. The number of nitrogens with zero attached hydrogens (tertiary/aromatic N) is 1. The second kappa shape index (κ2) is 4.80. The number of H-pyrrole nitrogens is 1. The lowest BCUT2D eigenvalue weighted by molar-refractivity contribution is -0.124. The Balaban J connectivity index is 2.16. The number of rotatable bonds is 5. The van der Waals surface area contributed by atoms with Gasteiger partial charge in [0.25, 0.3) is 0 Å². The van der Waals surface area contributed by atoms with Crippen molar-refractivity contribution in [3.05, 3.63) is 17.7 Å². The van der Waals surface area contributed by atoms with E-state index >= 15 is 0 Å². The van der Waals surface area contributed by atoms with E-state index in [0.29, 0.717) is 12.2 Å². The fourth-order valence-corrected chi connectivity index (χ4v) is 2.18. The van der Waals surface area contributed by atoms with E-state index < -0.39 is 11.5 Å². The molecule has 1 amide bonds. The summed E-state index contributed by atoms with van der Waals surface area (Å²) in [6.45, 7) is 1.95. The Morgan fingerprint density at radius 3 is 2.72 bits per heavy atom. The number of carboxylic acids is 1.